The summed E-state index contributed by atoms with van der Waals surface area (Å²) in [7, 11) is 0. The largest absolute Gasteiger partial charge is 0.454 e. The zero-order chi connectivity index (χ0) is 16.0. The first-order valence-electron chi connectivity index (χ1n) is 7.67. The molecule has 0 aliphatic heterocycles. The van der Waals surface area contributed by atoms with Crippen LogP contribution in [0.3, 0.4) is 0 Å². The van der Waals surface area contributed by atoms with Gasteiger partial charge >= 0.3 is 5.97 Å². The summed E-state index contributed by atoms with van der Waals surface area (Å²) in [5.74, 6) is 0.596. The number of fused-ring (bicyclic) bond motifs is 2. The number of esters is 1. The van der Waals surface area contributed by atoms with Gasteiger partial charge in [0.05, 0.1) is 10.5 Å². The number of rotatable bonds is 3. The number of non-ortho nitro benzene ring substituents is 1. The second kappa shape index (κ2) is 5.19. The lowest BCUT2D eigenvalue weighted by Crippen LogP contribution is -2.19. The number of ether oxygens (including phenoxy) is 1. The molecule has 4 rings (SSSR count). The first-order valence-corrected chi connectivity index (χ1v) is 7.67. The Bertz CT molecular complexity index is 784. The van der Waals surface area contributed by atoms with Crippen LogP contribution in [0.15, 0.2) is 48.5 Å². The van der Waals surface area contributed by atoms with E-state index in [4.69, 9.17) is 4.74 Å². The van der Waals surface area contributed by atoms with E-state index in [9.17, 15) is 14.9 Å². The van der Waals surface area contributed by atoms with Crippen LogP contribution in [0.2, 0.25) is 0 Å². The first-order chi connectivity index (χ1) is 11.1. The maximum Gasteiger partial charge on any atom is 0.338 e. The maximum absolute atomic E-state index is 12.4. The molecule has 5 heteroatoms. The Hall–Kier alpha value is -2.69. The maximum atomic E-state index is 12.4. The molecule has 0 radical (unpaired) electrons. The molecule has 0 aromatic heterocycles. The Balaban J connectivity index is 1.56. The summed E-state index contributed by atoms with van der Waals surface area (Å²) in [5, 5.41) is 10.7. The average Bonchev–Trinajstić information content (AvgIpc) is 3.34. The van der Waals surface area contributed by atoms with E-state index >= 15 is 0 Å². The van der Waals surface area contributed by atoms with Crippen molar-refractivity contribution >= 4 is 11.7 Å². The van der Waals surface area contributed by atoms with Gasteiger partial charge in [-0.05, 0) is 42.0 Å². The van der Waals surface area contributed by atoms with Crippen LogP contribution in [0.1, 0.15) is 34.0 Å². The number of nitro groups is 1. The third kappa shape index (κ3) is 2.48. The van der Waals surface area contributed by atoms with Gasteiger partial charge in [0.15, 0.2) is 0 Å². The highest BCUT2D eigenvalue weighted by Gasteiger charge is 2.49. The van der Waals surface area contributed by atoms with Crippen molar-refractivity contribution in [2.45, 2.75) is 18.9 Å². The number of nitro benzene ring substituents is 1. The van der Waals surface area contributed by atoms with Gasteiger partial charge in [0.25, 0.3) is 5.69 Å². The Morgan fingerprint density at radius 2 is 1.87 bits per heavy atom. The lowest BCUT2D eigenvalue weighted by atomic mass is 9.89. The normalized spacial score (nSPS) is 24.3. The van der Waals surface area contributed by atoms with Crippen molar-refractivity contribution in [1.29, 1.82) is 0 Å². The van der Waals surface area contributed by atoms with Crippen molar-refractivity contribution in [3.8, 4) is 0 Å². The van der Waals surface area contributed by atoms with Crippen LogP contribution in [-0.4, -0.2) is 10.9 Å². The van der Waals surface area contributed by atoms with E-state index in [1.807, 2.05) is 18.2 Å². The smallest absolute Gasteiger partial charge is 0.338 e. The number of carbonyl (C=O) groups excluding carboxylic acids is 1. The third-order valence-corrected chi connectivity index (χ3v) is 4.76. The summed E-state index contributed by atoms with van der Waals surface area (Å²) in [6.07, 6.45) is 1.95. The van der Waals surface area contributed by atoms with Crippen LogP contribution < -0.4 is 0 Å². The molecule has 116 valence electrons. The number of nitrogens with zero attached hydrogens (tertiary/aromatic N) is 1. The van der Waals surface area contributed by atoms with E-state index in [1.54, 1.807) is 0 Å². The highest BCUT2D eigenvalue weighted by Crippen LogP contribution is 2.55. The van der Waals surface area contributed by atoms with Crippen LogP contribution in [0.4, 0.5) is 5.69 Å². The molecule has 0 heterocycles. The van der Waals surface area contributed by atoms with Gasteiger partial charge in [0, 0.05) is 18.1 Å². The number of hydrogen-bond donors (Lipinski definition) is 0. The van der Waals surface area contributed by atoms with Crippen molar-refractivity contribution in [3.05, 3.63) is 75.3 Å². The molecule has 0 spiro atoms. The SMILES string of the molecule is O=C(O[C@@H]1c2ccccc2C[C@@H]2C[C@@H]21)c1ccc([N+](=O)[O-])cc1. The molecular formula is C18H15NO4. The lowest BCUT2D eigenvalue weighted by Gasteiger charge is -2.25. The zero-order valence-corrected chi connectivity index (χ0v) is 12.3. The molecule has 23 heavy (non-hydrogen) atoms. The quantitative estimate of drug-likeness (QED) is 0.492. The monoisotopic (exact) mass is 309 g/mol. The Morgan fingerprint density at radius 3 is 2.61 bits per heavy atom. The van der Waals surface area contributed by atoms with Gasteiger partial charge in [-0.1, -0.05) is 24.3 Å². The molecule has 0 N–H and O–H groups in total. The minimum absolute atomic E-state index is 0.0354. The second-order valence-corrected chi connectivity index (χ2v) is 6.19. The third-order valence-electron chi connectivity index (χ3n) is 4.76. The predicted molar refractivity (Wildman–Crippen MR) is 83.0 cm³/mol. The summed E-state index contributed by atoms with van der Waals surface area (Å²) in [6, 6.07) is 13.6. The second-order valence-electron chi connectivity index (χ2n) is 6.19. The standard InChI is InChI=1S/C18H15NO4/c20-18(11-5-7-14(8-6-11)19(21)22)23-17-15-4-2-1-3-12(15)9-13-10-16(13)17/h1-8,13,16-17H,9-10H2/t13-,16+,17-/m1/s1. The van der Waals surface area contributed by atoms with Crippen LogP contribution in [-0.2, 0) is 11.2 Å². The molecule has 1 fully saturated rings. The van der Waals surface area contributed by atoms with E-state index in [0.717, 1.165) is 18.4 Å². The number of carbonyl (C=O) groups is 1. The molecule has 0 unspecified atom stereocenters. The number of hydrogen-bond acceptors (Lipinski definition) is 4. The Labute approximate surface area is 133 Å². The van der Waals surface area contributed by atoms with E-state index in [1.165, 1.54) is 29.8 Å². The van der Waals surface area contributed by atoms with Gasteiger partial charge in [-0.15, -0.1) is 0 Å². The van der Waals surface area contributed by atoms with Crippen molar-refractivity contribution < 1.29 is 14.5 Å². The molecule has 0 bridgehead atoms. The summed E-state index contributed by atoms with van der Waals surface area (Å²) in [5.41, 5.74) is 2.66. The van der Waals surface area contributed by atoms with Crippen LogP contribution in [0, 0.1) is 22.0 Å². The van der Waals surface area contributed by atoms with Crippen LogP contribution >= 0.6 is 0 Å². The molecule has 5 nitrogen and oxygen atoms in total. The fourth-order valence-corrected chi connectivity index (χ4v) is 3.44. The van der Waals surface area contributed by atoms with Crippen molar-refractivity contribution in [1.82, 2.24) is 0 Å². The van der Waals surface area contributed by atoms with E-state index in [2.05, 4.69) is 6.07 Å². The van der Waals surface area contributed by atoms with Gasteiger partial charge in [0.2, 0.25) is 0 Å². The molecular weight excluding hydrogens is 294 g/mol. The fraction of sp³-hybridized carbons (Fsp3) is 0.278. The van der Waals surface area contributed by atoms with Gasteiger partial charge < -0.3 is 4.74 Å². The molecule has 0 amide bonds. The fourth-order valence-electron chi connectivity index (χ4n) is 3.44. The van der Waals surface area contributed by atoms with Gasteiger partial charge in [-0.25, -0.2) is 4.79 Å². The van der Waals surface area contributed by atoms with Crippen LogP contribution in [0.25, 0.3) is 0 Å². The minimum Gasteiger partial charge on any atom is -0.454 e. The van der Waals surface area contributed by atoms with E-state index in [0.29, 0.717) is 17.4 Å². The van der Waals surface area contributed by atoms with Crippen LogP contribution in [0.5, 0.6) is 0 Å². The molecule has 2 aromatic carbocycles. The summed E-state index contributed by atoms with van der Waals surface area (Å²) < 4.78 is 5.75. The Kier molecular flexibility index (Phi) is 3.15. The topological polar surface area (TPSA) is 69.4 Å². The van der Waals surface area contributed by atoms with E-state index in [-0.39, 0.29) is 11.8 Å². The Morgan fingerprint density at radius 1 is 1.13 bits per heavy atom. The molecule has 2 aliphatic rings. The highest BCUT2D eigenvalue weighted by molar-refractivity contribution is 5.89. The van der Waals surface area contributed by atoms with Gasteiger partial charge in [-0.3, -0.25) is 10.1 Å². The minimum atomic E-state index is -0.485. The molecule has 2 aliphatic carbocycles. The van der Waals surface area contributed by atoms with Gasteiger partial charge in [-0.2, -0.15) is 0 Å². The zero-order valence-electron chi connectivity index (χ0n) is 12.3. The highest BCUT2D eigenvalue weighted by atomic mass is 16.6. The molecule has 2 aromatic rings. The van der Waals surface area contributed by atoms with Crippen molar-refractivity contribution in [2.24, 2.45) is 11.8 Å². The van der Waals surface area contributed by atoms with Gasteiger partial charge in [0.1, 0.15) is 6.10 Å². The summed E-state index contributed by atoms with van der Waals surface area (Å²) in [6.45, 7) is 0. The average molecular weight is 309 g/mol. The molecule has 1 saturated carbocycles. The summed E-state index contributed by atoms with van der Waals surface area (Å²) in [4.78, 5) is 22.6. The summed E-state index contributed by atoms with van der Waals surface area (Å²) >= 11 is 0. The van der Waals surface area contributed by atoms with Crippen molar-refractivity contribution in [3.63, 3.8) is 0 Å². The number of benzene rings is 2. The first kappa shape index (κ1) is 13.9. The molecule has 3 atom stereocenters. The molecule has 0 saturated heterocycles. The van der Waals surface area contributed by atoms with Crippen molar-refractivity contribution in [2.75, 3.05) is 0 Å². The lowest BCUT2D eigenvalue weighted by molar-refractivity contribution is -0.384. The van der Waals surface area contributed by atoms with E-state index < -0.39 is 10.9 Å². The predicted octanol–water partition coefficient (Wildman–Crippen LogP) is 3.69.